The molecule has 1 fully saturated rings. The van der Waals surface area contributed by atoms with Gasteiger partial charge in [0.25, 0.3) is 0 Å². The van der Waals surface area contributed by atoms with Gasteiger partial charge in [0.2, 0.25) is 0 Å². The quantitative estimate of drug-likeness (QED) is 0.460. The third-order valence-corrected chi connectivity index (χ3v) is 6.01. The van der Waals surface area contributed by atoms with Crippen molar-refractivity contribution in [1.82, 2.24) is 4.90 Å². The van der Waals surface area contributed by atoms with Gasteiger partial charge in [-0.1, -0.05) is 6.07 Å². The molecule has 2 aromatic carbocycles. The van der Waals surface area contributed by atoms with Crippen LogP contribution in [0.5, 0.6) is 17.2 Å². The molecule has 2 aliphatic rings. The minimum Gasteiger partial charge on any atom is -0.489 e. The summed E-state index contributed by atoms with van der Waals surface area (Å²) in [6.45, 7) is 2.22. The first-order valence-corrected chi connectivity index (χ1v) is 11.3. The van der Waals surface area contributed by atoms with Crippen LogP contribution in [0.4, 0.5) is 26.3 Å². The summed E-state index contributed by atoms with van der Waals surface area (Å²) in [5.74, 6) is -1.21. The van der Waals surface area contributed by atoms with Crippen LogP contribution < -0.4 is 14.2 Å². The number of nitrogens with zero attached hydrogens (tertiary/aromatic N) is 1. The molecular weight excluding hydrogens is 508 g/mol. The molecule has 4 rings (SSSR count). The number of carbonyl (C=O) groups is 1. The summed E-state index contributed by atoms with van der Waals surface area (Å²) in [6, 6.07) is 7.72. The number of benzene rings is 2. The van der Waals surface area contributed by atoms with Crippen LogP contribution in [0.25, 0.3) is 6.08 Å². The number of hydrogen-bond acceptors (Lipinski definition) is 5. The van der Waals surface area contributed by atoms with Crippen molar-refractivity contribution in [2.24, 2.45) is 5.92 Å². The van der Waals surface area contributed by atoms with E-state index in [1.54, 1.807) is 18.2 Å². The first kappa shape index (κ1) is 26.6. The number of carboxylic acids is 1. The molecule has 2 heterocycles. The fourth-order valence-corrected chi connectivity index (χ4v) is 3.93. The smallest absolute Gasteiger partial charge is 0.425 e. The van der Waals surface area contributed by atoms with Gasteiger partial charge in [0, 0.05) is 31.3 Å². The number of carboxylic acid groups (broad SMARTS) is 1. The highest BCUT2D eigenvalue weighted by Gasteiger charge is 2.41. The van der Waals surface area contributed by atoms with E-state index in [-0.39, 0.29) is 18.1 Å². The van der Waals surface area contributed by atoms with Crippen molar-refractivity contribution in [2.75, 3.05) is 26.2 Å². The molecule has 0 aliphatic carbocycles. The van der Waals surface area contributed by atoms with Crippen LogP contribution >= 0.6 is 0 Å². The first-order valence-electron chi connectivity index (χ1n) is 11.3. The third-order valence-electron chi connectivity index (χ3n) is 6.01. The monoisotopic (exact) mass is 531 g/mol. The molecule has 1 N–H and O–H groups in total. The van der Waals surface area contributed by atoms with Gasteiger partial charge in [-0.25, -0.2) is 0 Å². The van der Waals surface area contributed by atoms with Crippen LogP contribution in [0.3, 0.4) is 0 Å². The zero-order chi connectivity index (χ0) is 27.0. The van der Waals surface area contributed by atoms with Crippen LogP contribution in [0, 0.1) is 5.92 Å². The highest BCUT2D eigenvalue weighted by Crippen LogP contribution is 2.39. The van der Waals surface area contributed by atoms with E-state index in [1.807, 2.05) is 11.0 Å². The zero-order valence-corrected chi connectivity index (χ0v) is 19.5. The second-order valence-electron chi connectivity index (χ2n) is 8.94. The number of fused-ring (bicyclic) bond motifs is 1. The molecular formula is C25H23F6NO5. The molecule has 0 saturated carbocycles. The van der Waals surface area contributed by atoms with E-state index in [2.05, 4.69) is 4.74 Å². The standard InChI is InChI=1S/C25H23F6NO5/c1-14(24(26,27)28)37-21-5-2-15(7-20(21)25(29,30)31)12-35-19-4-3-17-6-16(13-36-22(17)8-19)9-32-10-18(11-32)23(33)34/h2-8,14,18H,9-13H2,1H3,(H,33,34)/t14-/m0/s1. The molecule has 0 unspecified atom stereocenters. The Labute approximate surface area is 208 Å². The Balaban J connectivity index is 1.40. The average molecular weight is 531 g/mol. The van der Waals surface area contributed by atoms with Gasteiger partial charge in [0.05, 0.1) is 11.5 Å². The molecule has 6 nitrogen and oxygen atoms in total. The predicted octanol–water partition coefficient (Wildman–Crippen LogP) is 5.41. The van der Waals surface area contributed by atoms with Gasteiger partial charge in [-0.05, 0) is 48.4 Å². The van der Waals surface area contributed by atoms with Gasteiger partial charge in [-0.3, -0.25) is 9.69 Å². The SMILES string of the molecule is C[C@H](Oc1ccc(COc2ccc3c(c2)OCC(CN2CC(C(=O)O)C2)=C3)cc1C(F)(F)F)C(F)(F)F. The van der Waals surface area contributed by atoms with Crippen molar-refractivity contribution < 1.29 is 50.5 Å². The van der Waals surface area contributed by atoms with Crippen LogP contribution in [0.2, 0.25) is 0 Å². The first-order chi connectivity index (χ1) is 17.3. The molecule has 0 amide bonds. The molecule has 1 saturated heterocycles. The Morgan fingerprint density at radius 1 is 1.14 bits per heavy atom. The topological polar surface area (TPSA) is 68.2 Å². The van der Waals surface area contributed by atoms with Crippen LogP contribution in [-0.2, 0) is 17.6 Å². The Kier molecular flexibility index (Phi) is 7.31. The largest absolute Gasteiger partial charge is 0.489 e. The molecule has 0 aromatic heterocycles. The lowest BCUT2D eigenvalue weighted by atomic mass is 9.98. The van der Waals surface area contributed by atoms with Crippen LogP contribution in [-0.4, -0.2) is 54.5 Å². The van der Waals surface area contributed by atoms with Gasteiger partial charge < -0.3 is 19.3 Å². The summed E-state index contributed by atoms with van der Waals surface area (Å²) >= 11 is 0. The summed E-state index contributed by atoms with van der Waals surface area (Å²) in [7, 11) is 0. The molecule has 1 atom stereocenters. The van der Waals surface area contributed by atoms with Crippen molar-refractivity contribution in [3.05, 3.63) is 58.7 Å². The number of ether oxygens (including phenoxy) is 3. The van der Waals surface area contributed by atoms with Gasteiger partial charge >= 0.3 is 18.3 Å². The van der Waals surface area contributed by atoms with E-state index in [1.165, 1.54) is 6.07 Å². The normalized spacial score (nSPS) is 17.2. The van der Waals surface area contributed by atoms with Gasteiger partial charge in [-0.15, -0.1) is 0 Å². The van der Waals surface area contributed by atoms with Gasteiger partial charge in [-0.2, -0.15) is 26.3 Å². The molecule has 0 bridgehead atoms. The number of halogens is 6. The minimum absolute atomic E-state index is 0.0920. The van der Waals surface area contributed by atoms with E-state index in [4.69, 9.17) is 14.6 Å². The number of rotatable bonds is 8. The lowest BCUT2D eigenvalue weighted by Crippen LogP contribution is -2.51. The Bertz CT molecular complexity index is 1190. The zero-order valence-electron chi connectivity index (χ0n) is 19.5. The van der Waals surface area contributed by atoms with Crippen molar-refractivity contribution in [3.63, 3.8) is 0 Å². The van der Waals surface area contributed by atoms with Gasteiger partial charge in [0.15, 0.2) is 6.10 Å². The highest BCUT2D eigenvalue weighted by molar-refractivity contribution is 5.71. The number of likely N-dealkylation sites (tertiary alicyclic amines) is 1. The number of aliphatic carboxylic acids is 1. The second kappa shape index (κ2) is 10.2. The van der Waals surface area contributed by atoms with E-state index >= 15 is 0 Å². The fraction of sp³-hybridized carbons (Fsp3) is 0.400. The minimum atomic E-state index is -4.93. The lowest BCUT2D eigenvalue weighted by molar-refractivity contribution is -0.191. The second-order valence-corrected chi connectivity index (χ2v) is 8.94. The molecule has 2 aliphatic heterocycles. The van der Waals surface area contributed by atoms with E-state index in [9.17, 15) is 31.1 Å². The summed E-state index contributed by atoms with van der Waals surface area (Å²) in [4.78, 5) is 12.9. The summed E-state index contributed by atoms with van der Waals surface area (Å²) in [6.07, 6.45) is -10.2. The molecule has 37 heavy (non-hydrogen) atoms. The Hall–Kier alpha value is -3.41. The van der Waals surface area contributed by atoms with Crippen molar-refractivity contribution in [3.8, 4) is 17.2 Å². The van der Waals surface area contributed by atoms with Crippen molar-refractivity contribution in [2.45, 2.75) is 32.0 Å². The number of alkyl halides is 6. The van der Waals surface area contributed by atoms with Crippen molar-refractivity contribution in [1.29, 1.82) is 0 Å². The van der Waals surface area contributed by atoms with Gasteiger partial charge in [0.1, 0.15) is 30.5 Å². The molecule has 0 spiro atoms. The summed E-state index contributed by atoms with van der Waals surface area (Å²) in [5, 5.41) is 8.98. The summed E-state index contributed by atoms with van der Waals surface area (Å²) in [5.41, 5.74) is 0.526. The highest BCUT2D eigenvalue weighted by atomic mass is 19.4. The molecule has 200 valence electrons. The van der Waals surface area contributed by atoms with E-state index in [0.29, 0.717) is 50.7 Å². The van der Waals surface area contributed by atoms with Crippen LogP contribution in [0.15, 0.2) is 42.0 Å². The maximum Gasteiger partial charge on any atom is 0.425 e. The van der Waals surface area contributed by atoms with E-state index in [0.717, 1.165) is 17.2 Å². The Morgan fingerprint density at radius 3 is 2.51 bits per heavy atom. The lowest BCUT2D eigenvalue weighted by Gasteiger charge is -2.37. The summed E-state index contributed by atoms with van der Waals surface area (Å²) < 4.78 is 94.5. The molecule has 12 heteroatoms. The van der Waals surface area contributed by atoms with E-state index < -0.39 is 35.7 Å². The van der Waals surface area contributed by atoms with Crippen LogP contribution in [0.1, 0.15) is 23.6 Å². The predicted molar refractivity (Wildman–Crippen MR) is 119 cm³/mol. The van der Waals surface area contributed by atoms with Crippen molar-refractivity contribution >= 4 is 12.0 Å². The maximum atomic E-state index is 13.5. The third kappa shape index (κ3) is 6.48. The molecule has 2 aromatic rings. The maximum absolute atomic E-state index is 13.5. The fourth-order valence-electron chi connectivity index (χ4n) is 3.93. The average Bonchev–Trinajstić information content (AvgIpc) is 2.78. The molecule has 0 radical (unpaired) electrons. The Morgan fingerprint density at radius 2 is 1.86 bits per heavy atom. The number of hydrogen-bond donors (Lipinski definition) is 1.